The second-order valence-electron chi connectivity index (χ2n) is 6.86. The van der Waals surface area contributed by atoms with Crippen LogP contribution in [0.25, 0.3) is 0 Å². The van der Waals surface area contributed by atoms with Crippen LogP contribution in [0, 0.1) is 29.4 Å². The molecule has 0 amide bonds. The van der Waals surface area contributed by atoms with Gasteiger partial charge in [0, 0.05) is 5.54 Å². The van der Waals surface area contributed by atoms with Crippen molar-refractivity contribution in [2.45, 2.75) is 52.0 Å². The molecule has 20 heavy (non-hydrogen) atoms. The third kappa shape index (κ3) is 3.03. The van der Waals surface area contributed by atoms with Gasteiger partial charge in [0.15, 0.2) is 11.6 Å². The van der Waals surface area contributed by atoms with E-state index in [2.05, 4.69) is 20.8 Å². The first-order chi connectivity index (χ1) is 9.33. The molecule has 0 spiro atoms. The van der Waals surface area contributed by atoms with Gasteiger partial charge < -0.3 is 5.73 Å². The number of nitrogens with two attached hydrogens (primary N) is 1. The molecule has 0 heterocycles. The van der Waals surface area contributed by atoms with Crippen LogP contribution in [0.5, 0.6) is 0 Å². The van der Waals surface area contributed by atoms with E-state index in [1.54, 1.807) is 12.1 Å². The zero-order valence-corrected chi connectivity index (χ0v) is 12.6. The molecule has 2 rings (SSSR count). The molecule has 3 heteroatoms. The van der Waals surface area contributed by atoms with E-state index < -0.39 is 17.2 Å². The molecule has 3 atom stereocenters. The topological polar surface area (TPSA) is 26.0 Å². The lowest BCUT2D eigenvalue weighted by molar-refractivity contribution is 0.108. The smallest absolute Gasteiger partial charge is 0.162 e. The van der Waals surface area contributed by atoms with Crippen LogP contribution in [0.4, 0.5) is 8.78 Å². The van der Waals surface area contributed by atoms with Crippen molar-refractivity contribution in [3.63, 3.8) is 0 Å². The van der Waals surface area contributed by atoms with E-state index in [-0.39, 0.29) is 0 Å². The number of halogens is 2. The summed E-state index contributed by atoms with van der Waals surface area (Å²) in [6.45, 7) is 6.54. The Balaban J connectivity index is 2.29. The molecular formula is C17H25F2N. The minimum Gasteiger partial charge on any atom is -0.325 e. The van der Waals surface area contributed by atoms with Gasteiger partial charge in [-0.3, -0.25) is 0 Å². The van der Waals surface area contributed by atoms with Gasteiger partial charge in [-0.15, -0.1) is 0 Å². The maximum atomic E-state index is 13.9. The highest BCUT2D eigenvalue weighted by atomic mass is 19.2. The number of benzene rings is 1. The lowest BCUT2D eigenvalue weighted by Gasteiger charge is -2.46. The molecule has 1 aromatic carbocycles. The van der Waals surface area contributed by atoms with Crippen LogP contribution >= 0.6 is 0 Å². The molecular weight excluding hydrogens is 256 g/mol. The third-order valence-corrected chi connectivity index (χ3v) is 4.79. The summed E-state index contributed by atoms with van der Waals surface area (Å²) < 4.78 is 27.3. The molecule has 112 valence electrons. The summed E-state index contributed by atoms with van der Waals surface area (Å²) >= 11 is 0. The van der Waals surface area contributed by atoms with E-state index in [1.807, 2.05) is 0 Å². The molecule has 0 saturated heterocycles. The summed E-state index contributed by atoms with van der Waals surface area (Å²) in [7, 11) is 0. The van der Waals surface area contributed by atoms with E-state index in [4.69, 9.17) is 5.73 Å². The third-order valence-electron chi connectivity index (χ3n) is 4.79. The zero-order chi connectivity index (χ0) is 14.9. The van der Waals surface area contributed by atoms with Gasteiger partial charge in [-0.25, -0.2) is 8.78 Å². The molecule has 1 saturated carbocycles. The van der Waals surface area contributed by atoms with Crippen molar-refractivity contribution in [1.29, 1.82) is 0 Å². The van der Waals surface area contributed by atoms with Crippen molar-refractivity contribution in [3.8, 4) is 0 Å². The monoisotopic (exact) mass is 281 g/mol. The minimum absolute atomic E-state index is 0.362. The first-order valence-electron chi connectivity index (χ1n) is 7.55. The summed E-state index contributed by atoms with van der Waals surface area (Å²) in [4.78, 5) is 0. The highest BCUT2D eigenvalue weighted by molar-refractivity contribution is 5.22. The highest BCUT2D eigenvalue weighted by Gasteiger charge is 2.41. The van der Waals surface area contributed by atoms with Gasteiger partial charge >= 0.3 is 0 Å². The lowest BCUT2D eigenvalue weighted by atomic mass is 9.63. The van der Waals surface area contributed by atoms with E-state index >= 15 is 0 Å². The van der Waals surface area contributed by atoms with Gasteiger partial charge in [-0.1, -0.05) is 39.3 Å². The quantitative estimate of drug-likeness (QED) is 0.878. The normalized spacial score (nSPS) is 30.8. The summed E-state index contributed by atoms with van der Waals surface area (Å²) in [5.74, 6) is -0.147. The summed E-state index contributed by atoms with van der Waals surface area (Å²) in [6, 6.07) is 4.38. The van der Waals surface area contributed by atoms with Crippen molar-refractivity contribution >= 4 is 0 Å². The highest BCUT2D eigenvalue weighted by Crippen LogP contribution is 2.41. The van der Waals surface area contributed by atoms with Crippen molar-refractivity contribution in [3.05, 3.63) is 35.4 Å². The van der Waals surface area contributed by atoms with Crippen LogP contribution in [-0.2, 0) is 6.42 Å². The molecule has 1 fully saturated rings. The molecule has 1 nitrogen and oxygen atoms in total. The van der Waals surface area contributed by atoms with Crippen molar-refractivity contribution in [2.75, 3.05) is 0 Å². The standard InChI is InChI=1S/C17H25F2N/c1-11(2)14-8-7-12(3)9-17(14,20)10-13-5-4-6-15(18)16(13)19/h4-6,11-12,14H,7-10,20H2,1-3H3. The zero-order valence-electron chi connectivity index (χ0n) is 12.6. The largest absolute Gasteiger partial charge is 0.325 e. The molecule has 1 aliphatic carbocycles. The molecule has 0 radical (unpaired) electrons. The van der Waals surface area contributed by atoms with Gasteiger partial charge in [0.25, 0.3) is 0 Å². The predicted molar refractivity (Wildman–Crippen MR) is 78.3 cm³/mol. The maximum absolute atomic E-state index is 13.9. The molecule has 3 unspecified atom stereocenters. The molecule has 0 bridgehead atoms. The number of hydrogen-bond donors (Lipinski definition) is 1. The Bertz CT molecular complexity index is 472. The van der Waals surface area contributed by atoms with Crippen LogP contribution in [0.1, 0.15) is 45.6 Å². The Kier molecular flexibility index (Phi) is 4.48. The summed E-state index contributed by atoms with van der Waals surface area (Å²) in [5, 5.41) is 0. The lowest BCUT2D eigenvalue weighted by Crippen LogP contribution is -2.54. The first-order valence-corrected chi connectivity index (χ1v) is 7.55. The van der Waals surface area contributed by atoms with Crippen LogP contribution in [0.3, 0.4) is 0 Å². The van der Waals surface area contributed by atoms with Gasteiger partial charge in [-0.2, -0.15) is 0 Å². The van der Waals surface area contributed by atoms with Gasteiger partial charge in [0.1, 0.15) is 0 Å². The average molecular weight is 281 g/mol. The summed E-state index contributed by atoms with van der Waals surface area (Å²) in [5.41, 5.74) is 6.64. The van der Waals surface area contributed by atoms with Gasteiger partial charge in [0.05, 0.1) is 0 Å². The Hall–Kier alpha value is -0.960. The van der Waals surface area contributed by atoms with E-state index in [0.717, 1.165) is 18.9 Å². The first kappa shape index (κ1) is 15.4. The van der Waals surface area contributed by atoms with Crippen LogP contribution < -0.4 is 5.73 Å². The fraction of sp³-hybridized carbons (Fsp3) is 0.647. The van der Waals surface area contributed by atoms with Gasteiger partial charge in [-0.05, 0) is 48.6 Å². The van der Waals surface area contributed by atoms with Crippen LogP contribution in [0.15, 0.2) is 18.2 Å². The predicted octanol–water partition coefficient (Wildman–Crippen LogP) is 4.30. The van der Waals surface area contributed by atoms with E-state index in [1.165, 1.54) is 6.42 Å². The molecule has 0 aliphatic heterocycles. The Morgan fingerprint density at radius 3 is 2.65 bits per heavy atom. The fourth-order valence-electron chi connectivity index (χ4n) is 3.89. The fourth-order valence-corrected chi connectivity index (χ4v) is 3.89. The second kappa shape index (κ2) is 5.80. The second-order valence-corrected chi connectivity index (χ2v) is 6.86. The summed E-state index contributed by atoms with van der Waals surface area (Å²) in [6.07, 6.45) is 3.55. The average Bonchev–Trinajstić information content (AvgIpc) is 2.34. The Morgan fingerprint density at radius 2 is 2.00 bits per heavy atom. The minimum atomic E-state index is -0.781. The van der Waals surface area contributed by atoms with E-state index in [0.29, 0.717) is 29.7 Å². The molecule has 2 N–H and O–H groups in total. The van der Waals surface area contributed by atoms with Crippen LogP contribution in [-0.4, -0.2) is 5.54 Å². The SMILES string of the molecule is CC1CCC(C(C)C)C(N)(Cc2cccc(F)c2F)C1. The van der Waals surface area contributed by atoms with E-state index in [9.17, 15) is 8.78 Å². The van der Waals surface area contributed by atoms with Crippen molar-refractivity contribution < 1.29 is 8.78 Å². The van der Waals surface area contributed by atoms with Gasteiger partial charge in [0.2, 0.25) is 0 Å². The number of hydrogen-bond acceptors (Lipinski definition) is 1. The molecule has 1 aliphatic rings. The van der Waals surface area contributed by atoms with Crippen LogP contribution in [0.2, 0.25) is 0 Å². The Labute approximate surface area is 120 Å². The van der Waals surface area contributed by atoms with Crippen molar-refractivity contribution in [2.24, 2.45) is 23.5 Å². The maximum Gasteiger partial charge on any atom is 0.162 e. The molecule has 1 aromatic rings. The van der Waals surface area contributed by atoms with Crippen molar-refractivity contribution in [1.82, 2.24) is 0 Å². The Morgan fingerprint density at radius 1 is 1.30 bits per heavy atom. The molecule has 0 aromatic heterocycles. The number of rotatable bonds is 3.